The zero-order chi connectivity index (χ0) is 21.1. The average molecular weight is 411 g/mol. The molecule has 154 valence electrons. The first-order valence-corrected chi connectivity index (χ1v) is 9.32. The van der Waals surface area contributed by atoms with Gasteiger partial charge in [-0.1, -0.05) is 42.5 Å². The lowest BCUT2D eigenvalue weighted by Crippen LogP contribution is -2.31. The number of hydrogen-bond acceptors (Lipinski definition) is 4. The Bertz CT molecular complexity index is 1030. The molecule has 1 aliphatic rings. The monoisotopic (exact) mass is 411 g/mol. The summed E-state index contributed by atoms with van der Waals surface area (Å²) in [6.07, 6.45) is 0. The third kappa shape index (κ3) is 3.91. The number of amides is 1. The fourth-order valence-electron chi connectivity index (χ4n) is 3.50. The highest BCUT2D eigenvalue weighted by Crippen LogP contribution is 2.43. The number of halogens is 2. The first-order valence-electron chi connectivity index (χ1n) is 9.32. The van der Waals surface area contributed by atoms with E-state index in [2.05, 4.69) is 10.1 Å². The van der Waals surface area contributed by atoms with Gasteiger partial charge < -0.3 is 19.5 Å². The van der Waals surface area contributed by atoms with Crippen LogP contribution in [0, 0.1) is 0 Å². The van der Waals surface area contributed by atoms with Gasteiger partial charge in [-0.25, -0.2) is 0 Å². The van der Waals surface area contributed by atoms with E-state index >= 15 is 0 Å². The van der Waals surface area contributed by atoms with E-state index in [1.807, 2.05) is 48.5 Å². The maximum absolute atomic E-state index is 13.1. The fourth-order valence-corrected chi connectivity index (χ4v) is 3.50. The van der Waals surface area contributed by atoms with Crippen molar-refractivity contribution in [1.82, 2.24) is 5.32 Å². The van der Waals surface area contributed by atoms with Crippen molar-refractivity contribution in [3.63, 3.8) is 0 Å². The Labute approximate surface area is 172 Å². The number of rotatable bonds is 6. The number of carbonyl (C=O) groups excluding carboxylic acids is 1. The molecule has 0 spiro atoms. The van der Waals surface area contributed by atoms with E-state index in [4.69, 9.17) is 9.47 Å². The van der Waals surface area contributed by atoms with Gasteiger partial charge in [0.2, 0.25) is 5.91 Å². The van der Waals surface area contributed by atoms with Gasteiger partial charge in [0.1, 0.15) is 11.5 Å². The van der Waals surface area contributed by atoms with Crippen molar-refractivity contribution in [3.8, 4) is 23.0 Å². The van der Waals surface area contributed by atoms with Crippen molar-refractivity contribution in [3.05, 3.63) is 83.4 Å². The summed E-state index contributed by atoms with van der Waals surface area (Å²) < 4.78 is 40.5. The van der Waals surface area contributed by atoms with Crippen molar-refractivity contribution < 1.29 is 27.8 Å². The topological polar surface area (TPSA) is 56.8 Å². The Hall–Kier alpha value is -3.61. The number of nitrogens with one attached hydrogen (secondary N) is 1. The van der Waals surface area contributed by atoms with Crippen molar-refractivity contribution in [2.75, 3.05) is 7.11 Å². The summed E-state index contributed by atoms with van der Waals surface area (Å²) in [5, 5.41) is 2.92. The maximum atomic E-state index is 13.1. The highest BCUT2D eigenvalue weighted by atomic mass is 19.3. The summed E-state index contributed by atoms with van der Waals surface area (Å²) in [5.74, 6) is 0.691. The lowest BCUT2D eigenvalue weighted by atomic mass is 9.87. The molecule has 0 atom stereocenters. The molecule has 0 radical (unpaired) electrons. The second-order valence-electron chi connectivity index (χ2n) is 6.69. The molecular formula is C23H19F2NO4. The van der Waals surface area contributed by atoms with E-state index in [0.717, 1.165) is 11.1 Å². The summed E-state index contributed by atoms with van der Waals surface area (Å²) in [7, 11) is 1.37. The smallest absolute Gasteiger partial charge is 0.387 e. The summed E-state index contributed by atoms with van der Waals surface area (Å²) in [6.45, 7) is -2.75. The summed E-state index contributed by atoms with van der Waals surface area (Å²) in [4.78, 5) is 13.1. The van der Waals surface area contributed by atoms with Crippen LogP contribution < -0.4 is 19.5 Å². The largest absolute Gasteiger partial charge is 0.493 e. The van der Waals surface area contributed by atoms with Crippen LogP contribution in [0.5, 0.6) is 23.0 Å². The molecule has 5 nitrogen and oxygen atoms in total. The van der Waals surface area contributed by atoms with Gasteiger partial charge in [-0.3, -0.25) is 4.79 Å². The van der Waals surface area contributed by atoms with Gasteiger partial charge in [0.15, 0.2) is 11.5 Å². The average Bonchev–Trinajstić information content (AvgIpc) is 2.76. The Balaban J connectivity index is 1.55. The number of fused-ring (bicyclic) bond motifs is 2. The predicted molar refractivity (Wildman–Crippen MR) is 106 cm³/mol. The molecule has 0 aliphatic carbocycles. The molecule has 0 unspecified atom stereocenters. The number of ether oxygens (including phenoxy) is 3. The van der Waals surface area contributed by atoms with E-state index < -0.39 is 12.5 Å². The normalized spacial score (nSPS) is 12.5. The first-order chi connectivity index (χ1) is 14.6. The van der Waals surface area contributed by atoms with Crippen LogP contribution in [-0.2, 0) is 11.3 Å². The standard InChI is InChI=1S/C23H19F2NO4/c1-28-20-12-14(10-11-19(20)30-23(24)25)13-26-22(27)21-15-6-2-4-8-17(15)29-18-9-5-3-7-16(18)21/h2-12,21,23H,13H2,1H3,(H,26,27). The van der Waals surface area contributed by atoms with Gasteiger partial charge in [0.05, 0.1) is 13.0 Å². The molecule has 1 heterocycles. The number of benzene rings is 3. The maximum Gasteiger partial charge on any atom is 0.387 e. The van der Waals surface area contributed by atoms with E-state index in [9.17, 15) is 13.6 Å². The lowest BCUT2D eigenvalue weighted by Gasteiger charge is -2.27. The lowest BCUT2D eigenvalue weighted by molar-refractivity contribution is -0.122. The Kier molecular flexibility index (Phi) is 5.52. The molecule has 0 fully saturated rings. The molecule has 1 aliphatic heterocycles. The fraction of sp³-hybridized carbons (Fsp3) is 0.174. The summed E-state index contributed by atoms with van der Waals surface area (Å²) in [5.41, 5.74) is 2.26. The second-order valence-corrected chi connectivity index (χ2v) is 6.69. The van der Waals surface area contributed by atoms with Crippen LogP contribution in [-0.4, -0.2) is 19.6 Å². The van der Waals surface area contributed by atoms with Gasteiger partial charge in [-0.05, 0) is 29.8 Å². The van der Waals surface area contributed by atoms with Crippen LogP contribution in [0.15, 0.2) is 66.7 Å². The molecule has 0 aromatic heterocycles. The quantitative estimate of drug-likeness (QED) is 0.630. The number of hydrogen-bond donors (Lipinski definition) is 1. The molecule has 0 saturated carbocycles. The number of carbonyl (C=O) groups is 1. The van der Waals surface area contributed by atoms with Crippen LogP contribution in [0.4, 0.5) is 8.78 Å². The van der Waals surface area contributed by atoms with Crippen molar-refractivity contribution in [2.45, 2.75) is 19.1 Å². The van der Waals surface area contributed by atoms with Crippen molar-refractivity contribution in [1.29, 1.82) is 0 Å². The minimum Gasteiger partial charge on any atom is -0.493 e. The van der Waals surface area contributed by atoms with Crippen LogP contribution >= 0.6 is 0 Å². The van der Waals surface area contributed by atoms with Gasteiger partial charge in [0.25, 0.3) is 0 Å². The third-order valence-corrected chi connectivity index (χ3v) is 4.85. The first kappa shape index (κ1) is 19.7. The molecule has 3 aromatic rings. The molecule has 1 N–H and O–H groups in total. The van der Waals surface area contributed by atoms with Crippen LogP contribution in [0.1, 0.15) is 22.6 Å². The highest BCUT2D eigenvalue weighted by Gasteiger charge is 2.32. The molecule has 4 rings (SSSR count). The molecular weight excluding hydrogens is 392 g/mol. The van der Waals surface area contributed by atoms with Crippen LogP contribution in [0.3, 0.4) is 0 Å². The van der Waals surface area contributed by atoms with Crippen LogP contribution in [0.25, 0.3) is 0 Å². The van der Waals surface area contributed by atoms with Gasteiger partial charge in [-0.15, -0.1) is 0 Å². The number of alkyl halides is 2. The number of para-hydroxylation sites is 2. The molecule has 0 saturated heterocycles. The van der Waals surface area contributed by atoms with Gasteiger partial charge in [-0.2, -0.15) is 8.78 Å². The van der Waals surface area contributed by atoms with E-state index in [0.29, 0.717) is 17.1 Å². The van der Waals surface area contributed by atoms with Crippen LogP contribution in [0.2, 0.25) is 0 Å². The Morgan fingerprint density at radius 2 is 1.63 bits per heavy atom. The third-order valence-electron chi connectivity index (χ3n) is 4.85. The SMILES string of the molecule is COc1cc(CNC(=O)C2c3ccccc3Oc3ccccc32)ccc1OC(F)F. The van der Waals surface area contributed by atoms with E-state index in [1.165, 1.54) is 13.2 Å². The molecule has 7 heteroatoms. The second kappa shape index (κ2) is 8.41. The predicted octanol–water partition coefficient (Wildman–Crippen LogP) is 4.85. The molecule has 1 amide bonds. The minimum absolute atomic E-state index is 0.0603. The zero-order valence-corrected chi connectivity index (χ0v) is 16.1. The Morgan fingerprint density at radius 1 is 1.00 bits per heavy atom. The summed E-state index contributed by atoms with van der Waals surface area (Å²) in [6, 6.07) is 19.4. The molecule has 3 aromatic carbocycles. The van der Waals surface area contributed by atoms with Gasteiger partial charge >= 0.3 is 6.61 Å². The van der Waals surface area contributed by atoms with Crippen molar-refractivity contribution in [2.24, 2.45) is 0 Å². The minimum atomic E-state index is -2.95. The van der Waals surface area contributed by atoms with Gasteiger partial charge in [0, 0.05) is 17.7 Å². The zero-order valence-electron chi connectivity index (χ0n) is 16.1. The van der Waals surface area contributed by atoms with E-state index in [1.54, 1.807) is 12.1 Å². The van der Waals surface area contributed by atoms with Crippen molar-refractivity contribution >= 4 is 5.91 Å². The summed E-state index contributed by atoms with van der Waals surface area (Å²) >= 11 is 0. The molecule has 0 bridgehead atoms. The number of methoxy groups -OCH3 is 1. The Morgan fingerprint density at radius 3 is 2.23 bits per heavy atom. The van der Waals surface area contributed by atoms with E-state index in [-0.39, 0.29) is 24.0 Å². The highest BCUT2D eigenvalue weighted by molar-refractivity contribution is 5.89. The molecule has 30 heavy (non-hydrogen) atoms.